The van der Waals surface area contributed by atoms with Crippen molar-refractivity contribution < 1.29 is 22.8 Å². The second-order valence-corrected chi connectivity index (χ2v) is 15.4. The van der Waals surface area contributed by atoms with Crippen molar-refractivity contribution in [3.05, 3.63) is 87.8 Å². The molecule has 13 heteroatoms. The van der Waals surface area contributed by atoms with Gasteiger partial charge in [-0.25, -0.2) is 13.1 Å². The fourth-order valence-electron chi connectivity index (χ4n) is 5.36. The molecular weight excluding hydrogens is 618 g/mol. The summed E-state index contributed by atoms with van der Waals surface area (Å²) < 4.78 is 27.5. The smallest absolute Gasteiger partial charge is 0.260 e. The molecule has 0 unspecified atom stereocenters. The average Bonchev–Trinajstić information content (AvgIpc) is 2.97. The van der Waals surface area contributed by atoms with Gasteiger partial charge in [0.15, 0.2) is 0 Å². The van der Waals surface area contributed by atoms with Crippen LogP contribution in [-0.2, 0) is 35.6 Å². The van der Waals surface area contributed by atoms with Gasteiger partial charge in [-0.1, -0.05) is 114 Å². The maximum atomic E-state index is 14.1. The highest BCUT2D eigenvalue weighted by molar-refractivity contribution is 7.89. The summed E-state index contributed by atoms with van der Waals surface area (Å²) in [5, 5.41) is 9.69. The molecule has 0 aliphatic heterocycles. The Labute approximate surface area is 279 Å². The first-order chi connectivity index (χ1) is 21.7. The highest BCUT2D eigenvalue weighted by Crippen LogP contribution is 2.30. The van der Waals surface area contributed by atoms with Gasteiger partial charge in [-0.3, -0.25) is 14.4 Å². The molecule has 12 nitrogen and oxygen atoms in total. The van der Waals surface area contributed by atoms with Gasteiger partial charge in [-0.15, -0.1) is 0 Å². The van der Waals surface area contributed by atoms with E-state index in [2.05, 4.69) is 25.4 Å². The number of sulfonamides is 1. The molecule has 47 heavy (non-hydrogen) atoms. The highest BCUT2D eigenvalue weighted by atomic mass is 32.2. The van der Waals surface area contributed by atoms with Crippen LogP contribution in [0.3, 0.4) is 0 Å². The Morgan fingerprint density at radius 1 is 0.979 bits per heavy atom. The number of hydrogen-bond donors (Lipinski definition) is 3. The second-order valence-electron chi connectivity index (χ2n) is 13.7. The van der Waals surface area contributed by atoms with Crippen molar-refractivity contribution in [2.24, 2.45) is 16.4 Å². The van der Waals surface area contributed by atoms with Crippen molar-refractivity contribution in [2.75, 3.05) is 14.1 Å². The van der Waals surface area contributed by atoms with Crippen LogP contribution in [0.15, 0.2) is 71.4 Å². The van der Waals surface area contributed by atoms with E-state index in [1.54, 1.807) is 74.8 Å². The largest absolute Gasteiger partial charge is 0.342 e. The number of hydrogen-bond acceptors (Lipinski definition) is 7. The van der Waals surface area contributed by atoms with Gasteiger partial charge in [0.1, 0.15) is 6.04 Å². The van der Waals surface area contributed by atoms with Crippen LogP contribution in [-0.4, -0.2) is 63.3 Å². The number of amides is 3. The summed E-state index contributed by atoms with van der Waals surface area (Å²) in [7, 11) is -0.677. The van der Waals surface area contributed by atoms with Gasteiger partial charge >= 0.3 is 0 Å². The summed E-state index contributed by atoms with van der Waals surface area (Å²) in [6, 6.07) is 13.2. The van der Waals surface area contributed by atoms with E-state index in [1.165, 1.54) is 11.8 Å². The summed E-state index contributed by atoms with van der Waals surface area (Å²) >= 11 is 0. The van der Waals surface area contributed by atoms with E-state index < -0.39 is 44.9 Å². The van der Waals surface area contributed by atoms with Gasteiger partial charge in [0.2, 0.25) is 21.8 Å². The summed E-state index contributed by atoms with van der Waals surface area (Å²) in [5.41, 5.74) is 9.27. The third-order valence-electron chi connectivity index (χ3n) is 8.15. The van der Waals surface area contributed by atoms with E-state index in [0.717, 1.165) is 5.56 Å². The SMILES string of the molecule is CN[C@H](C(=O)N[C@H](C(=O)N(C)[C@H](C=C(C)C(=O)NS(=O)(=O)Cc1ccccc1)C(C)C)C(C)(C)C)C(C)(C)c1ccc(N=[N+]=[N-])cc1. The molecule has 2 rings (SSSR count). The van der Waals surface area contributed by atoms with E-state index in [-0.39, 0.29) is 29.1 Å². The zero-order valence-corrected chi connectivity index (χ0v) is 29.8. The number of likely N-dealkylation sites (N-methyl/N-ethyl adjacent to an activating group) is 2. The molecule has 0 aliphatic rings. The fraction of sp³-hybridized carbons (Fsp3) is 0.500. The normalized spacial score (nSPS) is 14.4. The van der Waals surface area contributed by atoms with Crippen LogP contribution in [0.2, 0.25) is 0 Å². The Morgan fingerprint density at radius 2 is 1.55 bits per heavy atom. The molecular formula is C34H49N7O5S. The van der Waals surface area contributed by atoms with E-state index in [0.29, 0.717) is 11.3 Å². The minimum absolute atomic E-state index is 0.139. The maximum Gasteiger partial charge on any atom is 0.260 e. The molecule has 0 saturated heterocycles. The first kappa shape index (κ1) is 39.0. The van der Waals surface area contributed by atoms with Crippen molar-refractivity contribution in [2.45, 2.75) is 84.7 Å². The molecule has 3 N–H and O–H groups in total. The Hall–Kier alpha value is -4.19. The third kappa shape index (κ3) is 10.7. The first-order valence-corrected chi connectivity index (χ1v) is 17.1. The van der Waals surface area contributed by atoms with Crippen LogP contribution in [0.25, 0.3) is 10.4 Å². The van der Waals surface area contributed by atoms with Gasteiger partial charge in [-0.05, 0) is 42.0 Å². The average molecular weight is 668 g/mol. The van der Waals surface area contributed by atoms with Crippen molar-refractivity contribution in [3.8, 4) is 0 Å². The quantitative estimate of drug-likeness (QED) is 0.109. The predicted molar refractivity (Wildman–Crippen MR) is 185 cm³/mol. The monoisotopic (exact) mass is 667 g/mol. The molecule has 0 aromatic heterocycles. The van der Waals surface area contributed by atoms with Crippen molar-refractivity contribution in [1.82, 2.24) is 20.3 Å². The van der Waals surface area contributed by atoms with Gasteiger partial charge in [0.05, 0.1) is 17.8 Å². The lowest BCUT2D eigenvalue weighted by molar-refractivity contribution is -0.140. The topological polar surface area (TPSA) is 173 Å². The molecule has 0 bridgehead atoms. The Bertz CT molecular complexity index is 1590. The van der Waals surface area contributed by atoms with Gasteiger partial charge in [-0.2, -0.15) is 0 Å². The Morgan fingerprint density at radius 3 is 2.04 bits per heavy atom. The van der Waals surface area contributed by atoms with Gasteiger partial charge in [0, 0.05) is 28.6 Å². The maximum absolute atomic E-state index is 14.1. The Balaban J connectivity index is 2.31. The summed E-state index contributed by atoms with van der Waals surface area (Å²) in [6.07, 6.45) is 1.58. The van der Waals surface area contributed by atoms with Gasteiger partial charge < -0.3 is 15.5 Å². The lowest BCUT2D eigenvalue weighted by Crippen LogP contribution is -2.61. The van der Waals surface area contributed by atoms with Crippen LogP contribution in [0.1, 0.15) is 66.5 Å². The minimum atomic E-state index is -3.96. The first-order valence-electron chi connectivity index (χ1n) is 15.4. The van der Waals surface area contributed by atoms with E-state index in [4.69, 9.17) is 5.53 Å². The molecule has 3 amide bonds. The Kier molecular flexibility index (Phi) is 13.3. The molecule has 256 valence electrons. The van der Waals surface area contributed by atoms with Crippen LogP contribution in [0.4, 0.5) is 5.69 Å². The molecule has 3 atom stereocenters. The van der Waals surface area contributed by atoms with E-state index >= 15 is 0 Å². The number of carbonyl (C=O) groups excluding carboxylic acids is 3. The summed E-state index contributed by atoms with van der Waals surface area (Å²) in [5.74, 6) is -2.02. The van der Waals surface area contributed by atoms with E-state index in [9.17, 15) is 22.8 Å². The molecule has 0 heterocycles. The standard InChI is InChI=1S/C34H49N7O5S/c1-22(2)27(20-23(3)30(42)39-47(45,46)21-24-14-12-11-13-15-24)41(10)32(44)29(33(4,5)6)37-31(43)28(36-9)34(7,8)25-16-18-26(19-17-25)38-40-35/h11-20,22,27-29,36H,21H2,1-10H3,(H,37,43)(H,39,42)/t27-,28-,29-/m1/s1. The third-order valence-corrected chi connectivity index (χ3v) is 9.36. The molecule has 0 radical (unpaired) electrons. The number of carbonyl (C=O) groups is 3. The zero-order valence-electron chi connectivity index (χ0n) is 29.0. The van der Waals surface area contributed by atoms with E-state index in [1.807, 2.05) is 48.5 Å². The van der Waals surface area contributed by atoms with Crippen LogP contribution in [0, 0.1) is 11.3 Å². The summed E-state index contributed by atoms with van der Waals surface area (Å²) in [6.45, 7) is 14.7. The van der Waals surface area contributed by atoms with Crippen LogP contribution >= 0.6 is 0 Å². The summed E-state index contributed by atoms with van der Waals surface area (Å²) in [4.78, 5) is 45.2. The molecule has 0 fully saturated rings. The van der Waals surface area contributed by atoms with Crippen molar-refractivity contribution in [3.63, 3.8) is 0 Å². The number of nitrogens with zero attached hydrogens (tertiary/aromatic N) is 4. The minimum Gasteiger partial charge on any atom is -0.342 e. The number of benzene rings is 2. The van der Waals surface area contributed by atoms with Crippen LogP contribution < -0.4 is 15.4 Å². The van der Waals surface area contributed by atoms with Gasteiger partial charge in [0.25, 0.3) is 5.91 Å². The molecule has 0 aliphatic carbocycles. The molecule has 0 saturated carbocycles. The lowest BCUT2D eigenvalue weighted by Gasteiger charge is -2.40. The number of rotatable bonds is 14. The van der Waals surface area contributed by atoms with Crippen molar-refractivity contribution >= 4 is 33.4 Å². The predicted octanol–water partition coefficient (Wildman–Crippen LogP) is 5.10. The van der Waals surface area contributed by atoms with Crippen molar-refractivity contribution in [1.29, 1.82) is 0 Å². The fourth-order valence-corrected chi connectivity index (χ4v) is 6.50. The second kappa shape index (κ2) is 16.1. The molecule has 2 aromatic carbocycles. The number of azide groups is 1. The zero-order chi connectivity index (χ0) is 35.7. The highest BCUT2D eigenvalue weighted by Gasteiger charge is 2.41. The molecule has 2 aromatic rings. The molecule has 0 spiro atoms. The lowest BCUT2D eigenvalue weighted by atomic mass is 9.76. The van der Waals surface area contributed by atoms with Crippen LogP contribution in [0.5, 0.6) is 0 Å². The number of nitrogens with one attached hydrogen (secondary N) is 3.